The molecule has 2 atom stereocenters. The molecular weight excluding hydrogens is 308 g/mol. The minimum Gasteiger partial charge on any atom is -0.353 e. The summed E-state index contributed by atoms with van der Waals surface area (Å²) in [5.74, 6) is -0.709. The summed E-state index contributed by atoms with van der Waals surface area (Å²) in [4.78, 5) is 37.8. The summed E-state index contributed by atoms with van der Waals surface area (Å²) in [6.07, 6.45) is 2.83. The van der Waals surface area contributed by atoms with E-state index in [4.69, 9.17) is 0 Å². The summed E-state index contributed by atoms with van der Waals surface area (Å²) >= 11 is 0. The Hall–Kier alpha value is -2.25. The largest absolute Gasteiger partial charge is 0.353 e. The van der Waals surface area contributed by atoms with E-state index in [9.17, 15) is 14.4 Å². The molecule has 7 nitrogen and oxygen atoms in total. The number of amides is 3. The Kier molecular flexibility index (Phi) is 4.92. The van der Waals surface area contributed by atoms with Crippen LogP contribution in [0.1, 0.15) is 46.9 Å². The van der Waals surface area contributed by atoms with E-state index in [1.165, 1.54) is 4.90 Å². The van der Waals surface area contributed by atoms with Gasteiger partial charge in [-0.3, -0.25) is 24.7 Å². The zero-order valence-corrected chi connectivity index (χ0v) is 13.7. The first-order chi connectivity index (χ1) is 11.6. The van der Waals surface area contributed by atoms with Crippen LogP contribution in [0.5, 0.6) is 0 Å². The number of rotatable bonds is 6. The van der Waals surface area contributed by atoms with Crippen LogP contribution in [-0.4, -0.2) is 47.8 Å². The molecule has 0 saturated carbocycles. The third kappa shape index (κ3) is 3.18. The van der Waals surface area contributed by atoms with Gasteiger partial charge in [-0.25, -0.2) is 5.43 Å². The van der Waals surface area contributed by atoms with Gasteiger partial charge in [0, 0.05) is 19.1 Å². The van der Waals surface area contributed by atoms with Crippen molar-refractivity contribution in [2.24, 2.45) is 0 Å². The molecule has 2 aliphatic heterocycles. The molecule has 128 valence electrons. The van der Waals surface area contributed by atoms with Crippen LogP contribution in [0, 0.1) is 0 Å². The van der Waals surface area contributed by atoms with Crippen LogP contribution in [0.15, 0.2) is 24.3 Å². The summed E-state index contributed by atoms with van der Waals surface area (Å²) in [7, 11) is 0. The Morgan fingerprint density at radius 1 is 1.21 bits per heavy atom. The number of carbonyl (C=O) groups is 3. The molecule has 3 amide bonds. The molecule has 0 radical (unpaired) electrons. The fraction of sp³-hybridized carbons (Fsp3) is 0.471. The van der Waals surface area contributed by atoms with E-state index in [0.29, 0.717) is 17.2 Å². The third-order valence-corrected chi connectivity index (χ3v) is 4.45. The highest BCUT2D eigenvalue weighted by Gasteiger charge is 2.35. The van der Waals surface area contributed by atoms with Gasteiger partial charge in [-0.1, -0.05) is 25.5 Å². The molecule has 2 heterocycles. The number of hydrogen-bond donors (Lipinski definition) is 3. The number of benzene rings is 1. The number of nitrogens with zero attached hydrogens (tertiary/aromatic N) is 1. The number of nitrogens with one attached hydrogen (secondary N) is 3. The number of fused-ring (bicyclic) bond motifs is 1. The fourth-order valence-electron chi connectivity index (χ4n) is 3.19. The van der Waals surface area contributed by atoms with Crippen molar-refractivity contribution in [2.75, 3.05) is 13.1 Å². The van der Waals surface area contributed by atoms with Crippen LogP contribution in [0.25, 0.3) is 0 Å². The molecule has 0 aliphatic carbocycles. The van der Waals surface area contributed by atoms with Crippen molar-refractivity contribution in [3.63, 3.8) is 0 Å². The van der Waals surface area contributed by atoms with Crippen LogP contribution >= 0.6 is 0 Å². The molecule has 1 aromatic rings. The highest BCUT2D eigenvalue weighted by atomic mass is 16.2. The van der Waals surface area contributed by atoms with Crippen molar-refractivity contribution in [1.29, 1.82) is 0 Å². The SMILES string of the molecule is CCCC1CC(C(=O)NCCN2C(=O)c3ccccc3C2=O)NN1. The second kappa shape index (κ2) is 7.11. The smallest absolute Gasteiger partial charge is 0.261 e. The molecule has 0 spiro atoms. The Morgan fingerprint density at radius 2 is 1.88 bits per heavy atom. The number of hydrazine groups is 1. The molecule has 0 aromatic heterocycles. The summed E-state index contributed by atoms with van der Waals surface area (Å²) in [5, 5.41) is 2.79. The zero-order chi connectivity index (χ0) is 17.1. The fourth-order valence-corrected chi connectivity index (χ4v) is 3.19. The lowest BCUT2D eigenvalue weighted by atomic mass is 10.1. The minimum absolute atomic E-state index is 0.113. The average Bonchev–Trinajstić information content (AvgIpc) is 3.14. The van der Waals surface area contributed by atoms with Crippen molar-refractivity contribution in [3.8, 4) is 0 Å². The van der Waals surface area contributed by atoms with Crippen molar-refractivity contribution < 1.29 is 14.4 Å². The topological polar surface area (TPSA) is 90.5 Å². The normalized spacial score (nSPS) is 22.8. The molecule has 1 saturated heterocycles. The Labute approximate surface area is 140 Å². The second-order valence-electron chi connectivity index (χ2n) is 6.16. The molecule has 24 heavy (non-hydrogen) atoms. The third-order valence-electron chi connectivity index (χ3n) is 4.45. The van der Waals surface area contributed by atoms with Crippen molar-refractivity contribution >= 4 is 17.7 Å². The lowest BCUT2D eigenvalue weighted by molar-refractivity contribution is -0.122. The predicted octanol–water partition coefficient (Wildman–Crippen LogP) is 0.434. The van der Waals surface area contributed by atoms with Gasteiger partial charge in [0.15, 0.2) is 0 Å². The van der Waals surface area contributed by atoms with Gasteiger partial charge in [0.2, 0.25) is 5.91 Å². The van der Waals surface area contributed by atoms with Crippen LogP contribution in [0.2, 0.25) is 0 Å². The van der Waals surface area contributed by atoms with Gasteiger partial charge in [0.25, 0.3) is 11.8 Å². The Morgan fingerprint density at radius 3 is 2.50 bits per heavy atom. The molecular formula is C17H22N4O3. The molecule has 1 fully saturated rings. The first kappa shape index (κ1) is 16.6. The van der Waals surface area contributed by atoms with Gasteiger partial charge in [-0.2, -0.15) is 0 Å². The maximum Gasteiger partial charge on any atom is 0.261 e. The van der Waals surface area contributed by atoms with Crippen molar-refractivity contribution in [1.82, 2.24) is 21.1 Å². The minimum atomic E-state index is -0.298. The Bertz CT molecular complexity index is 626. The average molecular weight is 330 g/mol. The summed E-state index contributed by atoms with van der Waals surface area (Å²) < 4.78 is 0. The van der Waals surface area contributed by atoms with E-state index < -0.39 is 0 Å². The molecule has 3 N–H and O–H groups in total. The summed E-state index contributed by atoms with van der Waals surface area (Å²) in [5.41, 5.74) is 6.97. The van der Waals surface area contributed by atoms with Gasteiger partial charge < -0.3 is 5.32 Å². The molecule has 3 rings (SSSR count). The monoisotopic (exact) mass is 330 g/mol. The maximum absolute atomic E-state index is 12.2. The first-order valence-electron chi connectivity index (χ1n) is 8.35. The van der Waals surface area contributed by atoms with Gasteiger partial charge in [-0.05, 0) is 25.0 Å². The lowest BCUT2D eigenvalue weighted by Gasteiger charge is -2.15. The van der Waals surface area contributed by atoms with Gasteiger partial charge in [0.1, 0.15) is 6.04 Å². The van der Waals surface area contributed by atoms with E-state index in [1.54, 1.807) is 24.3 Å². The van der Waals surface area contributed by atoms with E-state index >= 15 is 0 Å². The molecule has 2 unspecified atom stereocenters. The van der Waals surface area contributed by atoms with E-state index in [0.717, 1.165) is 19.3 Å². The van der Waals surface area contributed by atoms with E-state index in [-0.39, 0.29) is 36.9 Å². The maximum atomic E-state index is 12.2. The van der Waals surface area contributed by atoms with E-state index in [2.05, 4.69) is 23.1 Å². The summed E-state index contributed by atoms with van der Waals surface area (Å²) in [6.45, 7) is 2.54. The van der Waals surface area contributed by atoms with Crippen molar-refractivity contribution in [3.05, 3.63) is 35.4 Å². The number of hydrogen-bond acceptors (Lipinski definition) is 5. The summed E-state index contributed by atoms with van der Waals surface area (Å²) in [6, 6.07) is 6.80. The van der Waals surface area contributed by atoms with Crippen LogP contribution in [0.3, 0.4) is 0 Å². The lowest BCUT2D eigenvalue weighted by Crippen LogP contribution is -2.46. The zero-order valence-electron chi connectivity index (χ0n) is 13.7. The van der Waals surface area contributed by atoms with E-state index in [1.807, 2.05) is 0 Å². The highest BCUT2D eigenvalue weighted by Crippen LogP contribution is 2.21. The molecule has 2 aliphatic rings. The standard InChI is InChI=1S/C17H22N4O3/c1-2-5-11-10-14(20-19-11)15(22)18-8-9-21-16(23)12-6-3-4-7-13(12)17(21)24/h3-4,6-7,11,14,19-20H,2,5,8-10H2,1H3,(H,18,22). The number of imide groups is 1. The first-order valence-corrected chi connectivity index (χ1v) is 8.35. The predicted molar refractivity (Wildman–Crippen MR) is 88.2 cm³/mol. The highest BCUT2D eigenvalue weighted by molar-refractivity contribution is 6.21. The van der Waals surface area contributed by atoms with Crippen LogP contribution < -0.4 is 16.2 Å². The molecule has 7 heteroatoms. The van der Waals surface area contributed by atoms with Gasteiger partial charge in [0.05, 0.1) is 11.1 Å². The van der Waals surface area contributed by atoms with Gasteiger partial charge >= 0.3 is 0 Å². The van der Waals surface area contributed by atoms with Crippen LogP contribution in [-0.2, 0) is 4.79 Å². The molecule has 0 bridgehead atoms. The quantitative estimate of drug-likeness (QED) is 0.658. The Balaban J connectivity index is 1.48. The number of carbonyl (C=O) groups excluding carboxylic acids is 3. The molecule has 1 aromatic carbocycles. The second-order valence-corrected chi connectivity index (χ2v) is 6.16. The van der Waals surface area contributed by atoms with Crippen LogP contribution in [0.4, 0.5) is 0 Å². The van der Waals surface area contributed by atoms with Crippen molar-refractivity contribution in [2.45, 2.75) is 38.3 Å². The van der Waals surface area contributed by atoms with Gasteiger partial charge in [-0.15, -0.1) is 0 Å².